The monoisotopic (exact) mass is 486 g/mol. The smallest absolute Gasteiger partial charge is 0.410 e. The van der Waals surface area contributed by atoms with Crippen LogP contribution in [0.1, 0.15) is 51.0 Å². The predicted molar refractivity (Wildman–Crippen MR) is 136 cm³/mol. The number of likely N-dealkylation sites (tertiary alicyclic amines) is 1. The summed E-state index contributed by atoms with van der Waals surface area (Å²) in [4.78, 5) is 28.4. The van der Waals surface area contributed by atoms with E-state index in [0.29, 0.717) is 36.1 Å². The van der Waals surface area contributed by atoms with Gasteiger partial charge in [-0.3, -0.25) is 9.30 Å². The third kappa shape index (κ3) is 4.82. The summed E-state index contributed by atoms with van der Waals surface area (Å²) in [6.45, 7) is 6.64. The van der Waals surface area contributed by atoms with E-state index in [2.05, 4.69) is 9.97 Å². The molecule has 186 valence electrons. The van der Waals surface area contributed by atoms with Gasteiger partial charge in [0.1, 0.15) is 35.1 Å². The number of hydrogen-bond donors (Lipinski definition) is 1. The standard InChI is InChI=1S/C27H30N6O3/c1-27(2,3)36-26(34)32-14-7-10-20(32)25-31-22(23-24(28)29-13-15-33(23)25)19-11-12-21(30-16-19)35-17-18-8-5-4-6-9-18/h4-6,8-9,11-13,15-16,20H,7,10,14,17H2,1-3H3,(H2,28,29)/t20-/m0/s1. The minimum atomic E-state index is -0.575. The zero-order valence-electron chi connectivity index (χ0n) is 20.7. The maximum atomic E-state index is 12.9. The van der Waals surface area contributed by atoms with Crippen LogP contribution in [0, 0.1) is 0 Å². The van der Waals surface area contributed by atoms with E-state index < -0.39 is 5.60 Å². The topological polar surface area (TPSA) is 108 Å². The number of nitrogens with two attached hydrogens (primary N) is 1. The Morgan fingerprint density at radius 3 is 2.67 bits per heavy atom. The number of anilines is 1. The van der Waals surface area contributed by atoms with Crippen LogP contribution >= 0.6 is 0 Å². The fourth-order valence-corrected chi connectivity index (χ4v) is 4.43. The first-order chi connectivity index (χ1) is 17.3. The molecule has 3 aromatic heterocycles. The number of nitrogens with zero attached hydrogens (tertiary/aromatic N) is 5. The number of ether oxygens (including phenoxy) is 2. The number of aromatic nitrogens is 4. The molecule has 0 bridgehead atoms. The van der Waals surface area contributed by atoms with Crippen molar-refractivity contribution in [2.24, 2.45) is 0 Å². The summed E-state index contributed by atoms with van der Waals surface area (Å²) in [5, 5.41) is 0. The zero-order chi connectivity index (χ0) is 25.3. The van der Waals surface area contributed by atoms with Gasteiger partial charge in [-0.05, 0) is 45.2 Å². The minimum Gasteiger partial charge on any atom is -0.473 e. The summed E-state index contributed by atoms with van der Waals surface area (Å²) >= 11 is 0. The number of carbonyl (C=O) groups is 1. The lowest BCUT2D eigenvalue weighted by atomic mass is 10.2. The molecule has 1 fully saturated rings. The zero-order valence-corrected chi connectivity index (χ0v) is 20.7. The van der Waals surface area contributed by atoms with E-state index in [1.54, 1.807) is 17.3 Å². The minimum absolute atomic E-state index is 0.232. The van der Waals surface area contributed by atoms with Crippen LogP contribution in [-0.2, 0) is 11.3 Å². The average Bonchev–Trinajstić information content (AvgIpc) is 3.48. The normalized spacial score (nSPS) is 15.9. The van der Waals surface area contributed by atoms with Crippen molar-refractivity contribution in [3.05, 3.63) is 72.4 Å². The number of nitrogen functional groups attached to an aromatic ring is 1. The van der Waals surface area contributed by atoms with Crippen molar-refractivity contribution in [1.82, 2.24) is 24.3 Å². The number of benzene rings is 1. The molecule has 1 saturated heterocycles. The predicted octanol–water partition coefficient (Wildman–Crippen LogP) is 5.02. The molecule has 5 rings (SSSR count). The highest BCUT2D eigenvalue weighted by atomic mass is 16.6. The van der Waals surface area contributed by atoms with Gasteiger partial charge in [0.05, 0.1) is 6.04 Å². The number of imidazole rings is 1. The lowest BCUT2D eigenvalue weighted by Gasteiger charge is -2.28. The second-order valence-electron chi connectivity index (χ2n) is 9.84. The molecule has 4 heterocycles. The van der Waals surface area contributed by atoms with Gasteiger partial charge < -0.3 is 15.2 Å². The SMILES string of the molecule is CC(C)(C)OC(=O)N1CCC[C@H]1c1nc(-c2ccc(OCc3ccccc3)nc2)c2c(N)nccn12. The lowest BCUT2D eigenvalue weighted by molar-refractivity contribution is 0.0218. The third-order valence-corrected chi connectivity index (χ3v) is 6.03. The molecule has 0 unspecified atom stereocenters. The van der Waals surface area contributed by atoms with E-state index in [1.807, 2.05) is 73.8 Å². The van der Waals surface area contributed by atoms with Gasteiger partial charge in [0.15, 0.2) is 0 Å². The van der Waals surface area contributed by atoms with Crippen molar-refractivity contribution in [2.75, 3.05) is 12.3 Å². The highest BCUT2D eigenvalue weighted by Gasteiger charge is 2.36. The molecule has 9 nitrogen and oxygen atoms in total. The lowest BCUT2D eigenvalue weighted by Crippen LogP contribution is -2.36. The van der Waals surface area contributed by atoms with Gasteiger partial charge in [-0.1, -0.05) is 30.3 Å². The molecule has 0 saturated carbocycles. The van der Waals surface area contributed by atoms with Gasteiger partial charge >= 0.3 is 6.09 Å². The number of fused-ring (bicyclic) bond motifs is 1. The fourth-order valence-electron chi connectivity index (χ4n) is 4.43. The van der Waals surface area contributed by atoms with Gasteiger partial charge in [0.25, 0.3) is 0 Å². The number of carbonyl (C=O) groups excluding carboxylic acids is 1. The van der Waals surface area contributed by atoms with Crippen LogP contribution in [0.15, 0.2) is 61.1 Å². The molecule has 9 heteroatoms. The van der Waals surface area contributed by atoms with Crippen molar-refractivity contribution < 1.29 is 14.3 Å². The van der Waals surface area contributed by atoms with Gasteiger partial charge in [-0.2, -0.15) is 0 Å². The maximum Gasteiger partial charge on any atom is 0.410 e. The van der Waals surface area contributed by atoms with Crippen molar-refractivity contribution in [3.63, 3.8) is 0 Å². The summed E-state index contributed by atoms with van der Waals surface area (Å²) in [6.07, 6.45) is 6.50. The Kier molecular flexibility index (Phi) is 6.22. The summed E-state index contributed by atoms with van der Waals surface area (Å²) in [5.41, 5.74) is 8.93. The Morgan fingerprint density at radius 2 is 1.94 bits per heavy atom. The number of pyridine rings is 1. The third-order valence-electron chi connectivity index (χ3n) is 6.03. The van der Waals surface area contributed by atoms with Crippen molar-refractivity contribution in [1.29, 1.82) is 0 Å². The summed E-state index contributed by atoms with van der Waals surface area (Å²) < 4.78 is 13.4. The van der Waals surface area contributed by atoms with E-state index in [0.717, 1.165) is 29.8 Å². The summed E-state index contributed by atoms with van der Waals surface area (Å²) in [6, 6.07) is 13.4. The summed E-state index contributed by atoms with van der Waals surface area (Å²) in [5.74, 6) is 1.60. The van der Waals surface area contributed by atoms with E-state index in [-0.39, 0.29) is 12.1 Å². The molecule has 1 aliphatic heterocycles. The molecule has 0 spiro atoms. The Hall–Kier alpha value is -4.14. The molecule has 1 atom stereocenters. The van der Waals surface area contributed by atoms with E-state index in [4.69, 9.17) is 20.2 Å². The Bertz CT molecular complexity index is 1360. The average molecular weight is 487 g/mol. The Balaban J connectivity index is 1.45. The molecule has 36 heavy (non-hydrogen) atoms. The molecule has 4 aromatic rings. The molecule has 0 aliphatic carbocycles. The highest BCUT2D eigenvalue weighted by molar-refractivity contribution is 5.85. The molecule has 1 aromatic carbocycles. The molecule has 2 N–H and O–H groups in total. The van der Waals surface area contributed by atoms with Crippen LogP contribution < -0.4 is 10.5 Å². The first-order valence-electron chi connectivity index (χ1n) is 12.1. The highest BCUT2D eigenvalue weighted by Crippen LogP contribution is 2.37. The van der Waals surface area contributed by atoms with Crippen LogP contribution in [-0.4, -0.2) is 42.5 Å². The van der Waals surface area contributed by atoms with E-state index in [1.165, 1.54) is 0 Å². The van der Waals surface area contributed by atoms with Crippen molar-refractivity contribution in [2.45, 2.75) is 51.9 Å². The van der Waals surface area contributed by atoms with Crippen LogP contribution in [0.25, 0.3) is 16.8 Å². The van der Waals surface area contributed by atoms with Gasteiger partial charge in [0, 0.05) is 36.8 Å². The second kappa shape index (κ2) is 9.49. The number of hydrogen-bond acceptors (Lipinski definition) is 7. The van der Waals surface area contributed by atoms with Crippen LogP contribution in [0.5, 0.6) is 5.88 Å². The fraction of sp³-hybridized carbons (Fsp3) is 0.333. The molecular weight excluding hydrogens is 456 g/mol. The second-order valence-corrected chi connectivity index (χ2v) is 9.84. The molecule has 1 amide bonds. The Labute approximate surface area is 209 Å². The largest absolute Gasteiger partial charge is 0.473 e. The van der Waals surface area contributed by atoms with Crippen LogP contribution in [0.2, 0.25) is 0 Å². The van der Waals surface area contributed by atoms with Gasteiger partial charge in [-0.25, -0.2) is 19.7 Å². The summed E-state index contributed by atoms with van der Waals surface area (Å²) in [7, 11) is 0. The van der Waals surface area contributed by atoms with E-state index in [9.17, 15) is 4.79 Å². The van der Waals surface area contributed by atoms with Gasteiger partial charge in [-0.15, -0.1) is 0 Å². The van der Waals surface area contributed by atoms with Crippen LogP contribution in [0.3, 0.4) is 0 Å². The first-order valence-corrected chi connectivity index (χ1v) is 12.1. The van der Waals surface area contributed by atoms with Crippen molar-refractivity contribution >= 4 is 17.4 Å². The quantitative estimate of drug-likeness (QED) is 0.422. The van der Waals surface area contributed by atoms with Crippen molar-refractivity contribution in [3.8, 4) is 17.1 Å². The number of rotatable bonds is 5. The first kappa shape index (κ1) is 23.6. The molecular formula is C27H30N6O3. The Morgan fingerprint density at radius 1 is 1.14 bits per heavy atom. The maximum absolute atomic E-state index is 12.9. The van der Waals surface area contributed by atoms with E-state index >= 15 is 0 Å². The molecule has 0 radical (unpaired) electrons. The van der Waals surface area contributed by atoms with Crippen LogP contribution in [0.4, 0.5) is 10.6 Å². The molecule has 1 aliphatic rings. The number of amides is 1. The van der Waals surface area contributed by atoms with Gasteiger partial charge in [0.2, 0.25) is 5.88 Å².